The van der Waals surface area contributed by atoms with Gasteiger partial charge in [0.1, 0.15) is 0 Å². The fourth-order valence-corrected chi connectivity index (χ4v) is 1.13. The minimum Gasteiger partial charge on any atom is -0.393 e. The van der Waals surface area contributed by atoms with Gasteiger partial charge in [0, 0.05) is 25.6 Å². The van der Waals surface area contributed by atoms with Gasteiger partial charge >= 0.3 is 0 Å². The summed E-state index contributed by atoms with van der Waals surface area (Å²) in [6.07, 6.45) is 1.42. The van der Waals surface area contributed by atoms with Crippen LogP contribution in [-0.4, -0.2) is 41.1 Å². The molecule has 0 fully saturated rings. The summed E-state index contributed by atoms with van der Waals surface area (Å²) in [5.41, 5.74) is 5.50. The Kier molecular flexibility index (Phi) is 5.83. The summed E-state index contributed by atoms with van der Waals surface area (Å²) in [6.45, 7) is 6.15. The average Bonchev–Trinajstić information content (AvgIpc) is 2.08. The molecule has 0 aromatic rings. The van der Waals surface area contributed by atoms with Crippen molar-refractivity contribution in [3.8, 4) is 0 Å². The number of nitrogens with zero attached hydrogens (tertiary/aromatic N) is 1. The molecule has 15 heavy (non-hydrogen) atoms. The zero-order valence-corrected chi connectivity index (χ0v) is 10.3. The van der Waals surface area contributed by atoms with Gasteiger partial charge in [0.25, 0.3) is 0 Å². The van der Waals surface area contributed by atoms with E-state index in [0.29, 0.717) is 25.8 Å². The lowest BCUT2D eigenvalue weighted by Crippen LogP contribution is -2.35. The summed E-state index contributed by atoms with van der Waals surface area (Å²) in [7, 11) is 1.76. The highest BCUT2D eigenvalue weighted by Gasteiger charge is 2.15. The first kappa shape index (κ1) is 14.4. The zero-order valence-electron chi connectivity index (χ0n) is 10.3. The van der Waals surface area contributed by atoms with E-state index >= 15 is 0 Å². The number of aliphatic hydroxyl groups excluding tert-OH is 1. The van der Waals surface area contributed by atoms with Crippen LogP contribution in [0.2, 0.25) is 0 Å². The van der Waals surface area contributed by atoms with Gasteiger partial charge in [-0.3, -0.25) is 4.79 Å². The molecule has 1 unspecified atom stereocenters. The van der Waals surface area contributed by atoms with E-state index in [2.05, 4.69) is 0 Å². The summed E-state index contributed by atoms with van der Waals surface area (Å²) in [5, 5.41) is 9.08. The van der Waals surface area contributed by atoms with E-state index in [1.165, 1.54) is 0 Å². The number of carbonyl (C=O) groups is 1. The minimum atomic E-state index is -0.355. The summed E-state index contributed by atoms with van der Waals surface area (Å²) in [4.78, 5) is 13.2. The molecule has 0 bridgehead atoms. The number of carbonyl (C=O) groups excluding carboxylic acids is 1. The quantitative estimate of drug-likeness (QED) is 0.688. The maximum Gasteiger partial charge on any atom is 0.222 e. The fraction of sp³-hybridized carbons (Fsp3) is 0.909. The van der Waals surface area contributed by atoms with Crippen LogP contribution in [0.4, 0.5) is 0 Å². The normalized spacial score (nSPS) is 13.7. The van der Waals surface area contributed by atoms with E-state index in [0.717, 1.165) is 0 Å². The standard InChI is InChI=1S/C11H24N2O2/c1-9(14)6-8-13(4)10(15)5-7-11(2,3)12/h9,14H,5-8,12H2,1-4H3. The number of aliphatic hydroxyl groups is 1. The molecule has 0 aliphatic rings. The summed E-state index contributed by atoms with van der Waals surface area (Å²) in [5.74, 6) is 0.0918. The third-order valence-corrected chi connectivity index (χ3v) is 2.29. The van der Waals surface area contributed by atoms with Gasteiger partial charge in [0.2, 0.25) is 5.91 Å². The van der Waals surface area contributed by atoms with Crippen molar-refractivity contribution in [2.75, 3.05) is 13.6 Å². The second-order valence-corrected chi connectivity index (χ2v) is 4.94. The molecule has 0 aliphatic heterocycles. The third kappa shape index (κ3) is 8.39. The van der Waals surface area contributed by atoms with Gasteiger partial charge in [-0.25, -0.2) is 0 Å². The summed E-state index contributed by atoms with van der Waals surface area (Å²) in [6, 6.07) is 0. The molecule has 0 aromatic heterocycles. The van der Waals surface area contributed by atoms with E-state index in [1.54, 1.807) is 18.9 Å². The Bertz CT molecular complexity index is 197. The molecule has 0 radical (unpaired) electrons. The minimum absolute atomic E-state index is 0.0918. The van der Waals surface area contributed by atoms with Crippen molar-refractivity contribution in [1.29, 1.82) is 0 Å². The van der Waals surface area contributed by atoms with Gasteiger partial charge in [0.15, 0.2) is 0 Å². The Balaban J connectivity index is 3.80. The van der Waals surface area contributed by atoms with Gasteiger partial charge in [-0.2, -0.15) is 0 Å². The van der Waals surface area contributed by atoms with Gasteiger partial charge < -0.3 is 15.7 Å². The van der Waals surface area contributed by atoms with Crippen molar-refractivity contribution in [2.45, 2.75) is 51.7 Å². The fourth-order valence-electron chi connectivity index (χ4n) is 1.13. The summed E-state index contributed by atoms with van der Waals surface area (Å²) < 4.78 is 0. The molecular weight excluding hydrogens is 192 g/mol. The van der Waals surface area contributed by atoms with Crippen LogP contribution in [0.25, 0.3) is 0 Å². The Morgan fingerprint density at radius 3 is 2.47 bits per heavy atom. The molecule has 4 nitrogen and oxygen atoms in total. The van der Waals surface area contributed by atoms with Crippen molar-refractivity contribution >= 4 is 5.91 Å². The molecule has 1 amide bonds. The number of hydrogen-bond acceptors (Lipinski definition) is 3. The predicted octanol–water partition coefficient (Wildman–Crippen LogP) is 0.733. The molecule has 0 saturated heterocycles. The molecule has 3 N–H and O–H groups in total. The lowest BCUT2D eigenvalue weighted by Gasteiger charge is -2.22. The first-order valence-electron chi connectivity index (χ1n) is 5.43. The van der Waals surface area contributed by atoms with Crippen molar-refractivity contribution in [2.24, 2.45) is 5.73 Å². The smallest absolute Gasteiger partial charge is 0.222 e. The molecular formula is C11H24N2O2. The molecule has 90 valence electrons. The number of nitrogens with two attached hydrogens (primary N) is 1. The predicted molar refractivity (Wildman–Crippen MR) is 61.4 cm³/mol. The molecule has 1 atom stereocenters. The monoisotopic (exact) mass is 216 g/mol. The molecule has 0 rings (SSSR count). The van der Waals surface area contributed by atoms with Gasteiger partial charge in [-0.05, 0) is 33.6 Å². The summed E-state index contributed by atoms with van der Waals surface area (Å²) >= 11 is 0. The second-order valence-electron chi connectivity index (χ2n) is 4.94. The van der Waals surface area contributed by atoms with E-state index in [1.807, 2.05) is 13.8 Å². The van der Waals surface area contributed by atoms with Gasteiger partial charge in [-0.15, -0.1) is 0 Å². The Morgan fingerprint density at radius 1 is 1.53 bits per heavy atom. The van der Waals surface area contributed by atoms with Crippen LogP contribution in [0.5, 0.6) is 0 Å². The molecule has 0 heterocycles. The molecule has 0 spiro atoms. The highest BCUT2D eigenvalue weighted by Crippen LogP contribution is 2.08. The van der Waals surface area contributed by atoms with E-state index < -0.39 is 0 Å². The second kappa shape index (κ2) is 6.08. The van der Waals surface area contributed by atoms with Gasteiger partial charge in [-0.1, -0.05) is 0 Å². The largest absolute Gasteiger partial charge is 0.393 e. The molecule has 0 aliphatic carbocycles. The van der Waals surface area contributed by atoms with Crippen LogP contribution in [0, 0.1) is 0 Å². The number of rotatable bonds is 6. The Hall–Kier alpha value is -0.610. The van der Waals surface area contributed by atoms with E-state index in [9.17, 15) is 4.79 Å². The van der Waals surface area contributed by atoms with Gasteiger partial charge in [0.05, 0.1) is 6.10 Å². The van der Waals surface area contributed by atoms with Crippen molar-refractivity contribution in [3.63, 3.8) is 0 Å². The molecule has 0 saturated carbocycles. The van der Waals surface area contributed by atoms with Crippen LogP contribution in [0.1, 0.15) is 40.0 Å². The lowest BCUT2D eigenvalue weighted by molar-refractivity contribution is -0.130. The van der Waals surface area contributed by atoms with Crippen molar-refractivity contribution < 1.29 is 9.90 Å². The zero-order chi connectivity index (χ0) is 12.1. The van der Waals surface area contributed by atoms with Crippen LogP contribution in [0.15, 0.2) is 0 Å². The first-order chi connectivity index (χ1) is 6.72. The highest BCUT2D eigenvalue weighted by molar-refractivity contribution is 5.75. The Morgan fingerprint density at radius 2 is 2.07 bits per heavy atom. The highest BCUT2D eigenvalue weighted by atomic mass is 16.3. The van der Waals surface area contributed by atoms with E-state index in [-0.39, 0.29) is 17.6 Å². The van der Waals surface area contributed by atoms with Crippen LogP contribution in [-0.2, 0) is 4.79 Å². The number of amides is 1. The number of hydrogen-bond donors (Lipinski definition) is 2. The third-order valence-electron chi connectivity index (χ3n) is 2.29. The van der Waals surface area contributed by atoms with E-state index in [4.69, 9.17) is 10.8 Å². The van der Waals surface area contributed by atoms with Crippen molar-refractivity contribution in [3.05, 3.63) is 0 Å². The SMILES string of the molecule is CC(O)CCN(C)C(=O)CCC(C)(C)N. The Labute approximate surface area is 92.4 Å². The molecule has 0 aromatic carbocycles. The first-order valence-corrected chi connectivity index (χ1v) is 5.43. The van der Waals surface area contributed by atoms with Crippen LogP contribution < -0.4 is 5.73 Å². The lowest BCUT2D eigenvalue weighted by atomic mass is 10.00. The van der Waals surface area contributed by atoms with Crippen LogP contribution in [0.3, 0.4) is 0 Å². The van der Waals surface area contributed by atoms with Crippen LogP contribution >= 0.6 is 0 Å². The topological polar surface area (TPSA) is 66.6 Å². The maximum atomic E-state index is 11.6. The maximum absolute atomic E-state index is 11.6. The average molecular weight is 216 g/mol. The molecule has 4 heteroatoms. The van der Waals surface area contributed by atoms with Crippen molar-refractivity contribution in [1.82, 2.24) is 4.90 Å².